The highest BCUT2D eigenvalue weighted by atomic mass is 79.9. The number of carbonyl (C=O) groups excluding carboxylic acids is 1. The lowest BCUT2D eigenvalue weighted by Gasteiger charge is -2.15. The molecule has 1 saturated heterocycles. The van der Waals surface area contributed by atoms with E-state index < -0.39 is 23.3 Å². The second-order valence-electron chi connectivity index (χ2n) is 5.93. The van der Waals surface area contributed by atoms with Crippen LogP contribution in [0.4, 0.5) is 24.8 Å². The molecule has 1 fully saturated rings. The van der Waals surface area contributed by atoms with Crippen molar-refractivity contribution in [2.75, 3.05) is 18.5 Å². The van der Waals surface area contributed by atoms with Gasteiger partial charge in [-0.25, -0.2) is 9.97 Å². The zero-order chi connectivity index (χ0) is 19.4. The van der Waals surface area contributed by atoms with Crippen LogP contribution in [0.25, 0.3) is 0 Å². The molecule has 0 spiro atoms. The standard InChI is InChI=1S/C17H16BrF3N4O2/c18-10-3-1-4-11(7-10)24-16-23-9-13(14(25-16)17(19,20)21)15(26)22-8-12-5-2-6-27-12/h1,3-4,7,9,12H,2,5-6,8H2,(H,22,26)(H,23,24,25). The molecule has 0 aliphatic carbocycles. The van der Waals surface area contributed by atoms with Gasteiger partial charge >= 0.3 is 6.18 Å². The molecular formula is C17H16BrF3N4O2. The van der Waals surface area contributed by atoms with Crippen LogP contribution in [-0.4, -0.2) is 35.1 Å². The van der Waals surface area contributed by atoms with Gasteiger partial charge in [0, 0.05) is 29.5 Å². The van der Waals surface area contributed by atoms with Crippen LogP contribution in [0.5, 0.6) is 0 Å². The summed E-state index contributed by atoms with van der Waals surface area (Å²) in [6, 6.07) is 6.81. The normalized spacial score (nSPS) is 17.0. The molecule has 1 aromatic heterocycles. The maximum atomic E-state index is 13.4. The number of rotatable bonds is 5. The van der Waals surface area contributed by atoms with E-state index in [1.54, 1.807) is 24.3 Å². The van der Waals surface area contributed by atoms with Crippen LogP contribution in [0.15, 0.2) is 34.9 Å². The van der Waals surface area contributed by atoms with Crippen molar-refractivity contribution in [3.05, 3.63) is 46.2 Å². The predicted octanol–water partition coefficient (Wildman–Crippen LogP) is 3.91. The Bertz CT molecular complexity index is 826. The number of nitrogens with zero attached hydrogens (tertiary/aromatic N) is 2. The molecule has 1 aliphatic heterocycles. The van der Waals surface area contributed by atoms with Crippen LogP contribution >= 0.6 is 15.9 Å². The molecule has 0 saturated carbocycles. The van der Waals surface area contributed by atoms with Gasteiger partial charge in [-0.1, -0.05) is 22.0 Å². The monoisotopic (exact) mass is 444 g/mol. The second kappa shape index (κ2) is 8.22. The van der Waals surface area contributed by atoms with Crippen LogP contribution in [-0.2, 0) is 10.9 Å². The van der Waals surface area contributed by atoms with Crippen molar-refractivity contribution < 1.29 is 22.7 Å². The first-order valence-corrected chi connectivity index (χ1v) is 8.99. The summed E-state index contributed by atoms with van der Waals surface area (Å²) in [5.41, 5.74) is -1.41. The van der Waals surface area contributed by atoms with Gasteiger partial charge in [0.25, 0.3) is 5.91 Å². The van der Waals surface area contributed by atoms with Crippen molar-refractivity contribution in [2.45, 2.75) is 25.1 Å². The van der Waals surface area contributed by atoms with Crippen LogP contribution < -0.4 is 10.6 Å². The average Bonchev–Trinajstić information content (AvgIpc) is 3.12. The Labute approximate surface area is 161 Å². The van der Waals surface area contributed by atoms with E-state index in [0.717, 1.165) is 23.5 Å². The van der Waals surface area contributed by atoms with Crippen molar-refractivity contribution >= 4 is 33.5 Å². The zero-order valence-corrected chi connectivity index (χ0v) is 15.6. The summed E-state index contributed by atoms with van der Waals surface area (Å²) >= 11 is 3.27. The SMILES string of the molecule is O=C(NCC1CCCO1)c1cnc(Nc2cccc(Br)c2)nc1C(F)(F)F. The Balaban J connectivity index is 1.80. The number of hydrogen-bond donors (Lipinski definition) is 2. The topological polar surface area (TPSA) is 76.1 Å². The molecule has 3 rings (SSSR count). The Morgan fingerprint density at radius 2 is 2.19 bits per heavy atom. The summed E-state index contributed by atoms with van der Waals surface area (Å²) in [5.74, 6) is -1.14. The summed E-state index contributed by atoms with van der Waals surface area (Å²) in [7, 11) is 0. The van der Waals surface area contributed by atoms with Crippen LogP contribution in [0.1, 0.15) is 28.9 Å². The number of nitrogens with one attached hydrogen (secondary N) is 2. The van der Waals surface area contributed by atoms with Crippen molar-refractivity contribution in [1.82, 2.24) is 15.3 Å². The Morgan fingerprint density at radius 3 is 2.85 bits per heavy atom. The van der Waals surface area contributed by atoms with E-state index in [1.807, 2.05) is 0 Å². The first kappa shape index (κ1) is 19.6. The van der Waals surface area contributed by atoms with Gasteiger partial charge in [0.05, 0.1) is 11.7 Å². The summed E-state index contributed by atoms with van der Waals surface area (Å²) < 4.78 is 46.3. The van der Waals surface area contributed by atoms with Gasteiger partial charge in [-0.3, -0.25) is 4.79 Å². The molecule has 0 bridgehead atoms. The van der Waals surface area contributed by atoms with E-state index in [9.17, 15) is 18.0 Å². The van der Waals surface area contributed by atoms with Crippen LogP contribution in [0.3, 0.4) is 0 Å². The van der Waals surface area contributed by atoms with Crippen molar-refractivity contribution in [3.8, 4) is 0 Å². The van der Waals surface area contributed by atoms with Gasteiger partial charge in [-0.05, 0) is 31.0 Å². The summed E-state index contributed by atoms with van der Waals surface area (Å²) in [4.78, 5) is 19.6. The highest BCUT2D eigenvalue weighted by Crippen LogP contribution is 2.31. The predicted molar refractivity (Wildman–Crippen MR) is 95.8 cm³/mol. The molecule has 1 atom stereocenters. The lowest BCUT2D eigenvalue weighted by atomic mass is 10.2. The summed E-state index contributed by atoms with van der Waals surface area (Å²) in [5, 5.41) is 5.16. The molecule has 6 nitrogen and oxygen atoms in total. The fourth-order valence-electron chi connectivity index (χ4n) is 2.63. The summed E-state index contributed by atoms with van der Waals surface area (Å²) in [6.07, 6.45) is -2.47. The number of anilines is 2. The van der Waals surface area contributed by atoms with Crippen molar-refractivity contribution in [3.63, 3.8) is 0 Å². The molecule has 144 valence electrons. The maximum absolute atomic E-state index is 13.4. The molecule has 1 aliphatic rings. The average molecular weight is 445 g/mol. The third-order valence-electron chi connectivity index (χ3n) is 3.90. The smallest absolute Gasteiger partial charge is 0.376 e. The molecule has 1 aromatic carbocycles. The van der Waals surface area contributed by atoms with E-state index in [2.05, 4.69) is 36.5 Å². The third-order valence-corrected chi connectivity index (χ3v) is 4.39. The van der Waals surface area contributed by atoms with E-state index in [4.69, 9.17) is 4.74 Å². The molecule has 2 N–H and O–H groups in total. The molecule has 1 unspecified atom stereocenters. The third kappa shape index (κ3) is 5.16. The lowest BCUT2D eigenvalue weighted by Crippen LogP contribution is -2.33. The highest BCUT2D eigenvalue weighted by Gasteiger charge is 2.38. The number of halogens is 4. The van der Waals surface area contributed by atoms with Crippen molar-refractivity contribution in [1.29, 1.82) is 0 Å². The number of hydrogen-bond acceptors (Lipinski definition) is 5. The van der Waals surface area contributed by atoms with E-state index >= 15 is 0 Å². The number of aromatic nitrogens is 2. The molecule has 0 radical (unpaired) electrons. The molecule has 2 heterocycles. The lowest BCUT2D eigenvalue weighted by molar-refractivity contribution is -0.141. The van der Waals surface area contributed by atoms with Gasteiger partial charge in [0.15, 0.2) is 5.69 Å². The van der Waals surface area contributed by atoms with Gasteiger partial charge < -0.3 is 15.4 Å². The van der Waals surface area contributed by atoms with E-state index in [0.29, 0.717) is 12.3 Å². The van der Waals surface area contributed by atoms with E-state index in [-0.39, 0.29) is 18.6 Å². The summed E-state index contributed by atoms with van der Waals surface area (Å²) in [6.45, 7) is 0.738. The number of benzene rings is 1. The van der Waals surface area contributed by atoms with Crippen LogP contribution in [0.2, 0.25) is 0 Å². The van der Waals surface area contributed by atoms with Crippen molar-refractivity contribution in [2.24, 2.45) is 0 Å². The minimum atomic E-state index is -4.80. The molecule has 10 heteroatoms. The first-order chi connectivity index (χ1) is 12.8. The van der Waals surface area contributed by atoms with Gasteiger partial charge in [-0.15, -0.1) is 0 Å². The van der Waals surface area contributed by atoms with Crippen LogP contribution in [0, 0.1) is 0 Å². The quantitative estimate of drug-likeness (QED) is 0.730. The zero-order valence-electron chi connectivity index (χ0n) is 14.0. The second-order valence-corrected chi connectivity index (χ2v) is 6.85. The highest BCUT2D eigenvalue weighted by molar-refractivity contribution is 9.10. The van der Waals surface area contributed by atoms with Gasteiger partial charge in [0.2, 0.25) is 5.95 Å². The number of carbonyl (C=O) groups is 1. The number of alkyl halides is 3. The Kier molecular flexibility index (Phi) is 5.95. The fraction of sp³-hybridized carbons (Fsp3) is 0.353. The van der Waals surface area contributed by atoms with Gasteiger partial charge in [-0.2, -0.15) is 13.2 Å². The fourth-order valence-corrected chi connectivity index (χ4v) is 3.03. The molecule has 2 aromatic rings. The van der Waals surface area contributed by atoms with Gasteiger partial charge in [0.1, 0.15) is 0 Å². The molecular weight excluding hydrogens is 429 g/mol. The number of amides is 1. The minimum absolute atomic E-state index is 0.147. The maximum Gasteiger partial charge on any atom is 0.434 e. The number of ether oxygens (including phenoxy) is 1. The Hall–Kier alpha value is -2.20. The molecule has 1 amide bonds. The Morgan fingerprint density at radius 1 is 1.37 bits per heavy atom. The molecule has 27 heavy (non-hydrogen) atoms. The minimum Gasteiger partial charge on any atom is -0.376 e. The first-order valence-electron chi connectivity index (χ1n) is 8.19. The van der Waals surface area contributed by atoms with E-state index in [1.165, 1.54) is 0 Å². The largest absolute Gasteiger partial charge is 0.434 e.